The minimum absolute atomic E-state index is 0.0140. The Balaban J connectivity index is 1.84. The second-order valence-electron chi connectivity index (χ2n) is 4.76. The number of carbonyl (C=O) groups excluding carboxylic acids is 1. The molecule has 1 aromatic heterocycles. The monoisotopic (exact) mass is 286 g/mol. The van der Waals surface area contributed by atoms with Crippen LogP contribution in [0.5, 0.6) is 0 Å². The Labute approximate surface area is 112 Å². The summed E-state index contributed by atoms with van der Waals surface area (Å²) in [5.74, 6) is 0.119. The first kappa shape index (κ1) is 14.0. The minimum atomic E-state index is -2.90. The van der Waals surface area contributed by atoms with Crippen molar-refractivity contribution in [2.45, 2.75) is 13.0 Å². The van der Waals surface area contributed by atoms with Gasteiger partial charge in [0.05, 0.1) is 17.8 Å². The van der Waals surface area contributed by atoms with Crippen LogP contribution in [0.25, 0.3) is 0 Å². The first-order chi connectivity index (χ1) is 9.00. The molecule has 0 bridgehead atoms. The highest BCUT2D eigenvalue weighted by Gasteiger charge is 2.28. The van der Waals surface area contributed by atoms with Gasteiger partial charge in [-0.1, -0.05) is 0 Å². The third kappa shape index (κ3) is 3.77. The average Bonchev–Trinajstić information content (AvgIpc) is 2.93. The van der Waals surface area contributed by atoms with E-state index in [9.17, 15) is 13.2 Å². The molecule has 1 unspecified atom stereocenters. The van der Waals surface area contributed by atoms with E-state index in [0.29, 0.717) is 31.7 Å². The number of nitrogens with one attached hydrogen (secondary N) is 1. The summed E-state index contributed by atoms with van der Waals surface area (Å²) in [5, 5.41) is 2.72. The van der Waals surface area contributed by atoms with Crippen LogP contribution in [0.2, 0.25) is 0 Å². The van der Waals surface area contributed by atoms with Crippen molar-refractivity contribution in [1.29, 1.82) is 0 Å². The van der Waals surface area contributed by atoms with Crippen molar-refractivity contribution in [1.82, 2.24) is 14.9 Å². The number of amides is 1. The van der Waals surface area contributed by atoms with Crippen LogP contribution in [0.15, 0.2) is 12.5 Å². The minimum Gasteiger partial charge on any atom is -0.350 e. The number of carbonyl (C=O) groups is 1. The number of aromatic nitrogens is 2. The molecule has 7 nitrogen and oxygen atoms in total. The lowest BCUT2D eigenvalue weighted by molar-refractivity contribution is 0.0944. The maximum absolute atomic E-state index is 11.8. The quantitative estimate of drug-likeness (QED) is 0.722. The van der Waals surface area contributed by atoms with E-state index >= 15 is 0 Å². The summed E-state index contributed by atoms with van der Waals surface area (Å²) in [6.07, 6.45) is 3.81. The summed E-state index contributed by atoms with van der Waals surface area (Å²) in [6, 6.07) is 0. The Hall–Kier alpha value is -1.41. The molecule has 106 valence electrons. The largest absolute Gasteiger partial charge is 0.350 e. The molecule has 0 aromatic carbocycles. The number of sulfone groups is 1. The third-order valence-corrected chi connectivity index (χ3v) is 4.97. The number of hydrogen-bond donors (Lipinski definition) is 2. The predicted octanol–water partition coefficient (Wildman–Crippen LogP) is -0.994. The highest BCUT2D eigenvalue weighted by molar-refractivity contribution is 7.91. The van der Waals surface area contributed by atoms with E-state index in [2.05, 4.69) is 10.3 Å². The Morgan fingerprint density at radius 2 is 2.37 bits per heavy atom. The smallest absolute Gasteiger partial charge is 0.271 e. The molecule has 3 N–H and O–H groups in total. The molecule has 1 atom stereocenters. The topological polar surface area (TPSA) is 107 Å². The Morgan fingerprint density at radius 3 is 3.00 bits per heavy atom. The van der Waals surface area contributed by atoms with Crippen LogP contribution >= 0.6 is 0 Å². The van der Waals surface area contributed by atoms with Gasteiger partial charge >= 0.3 is 0 Å². The molecule has 0 radical (unpaired) electrons. The zero-order valence-corrected chi connectivity index (χ0v) is 11.4. The van der Waals surface area contributed by atoms with E-state index in [4.69, 9.17) is 5.73 Å². The van der Waals surface area contributed by atoms with E-state index in [1.54, 1.807) is 17.1 Å². The Kier molecular flexibility index (Phi) is 4.20. The van der Waals surface area contributed by atoms with Crippen LogP contribution in [0.3, 0.4) is 0 Å². The van der Waals surface area contributed by atoms with Gasteiger partial charge in [0, 0.05) is 25.8 Å². The molecule has 1 fully saturated rings. The average molecular weight is 286 g/mol. The molecule has 0 spiro atoms. The highest BCUT2D eigenvalue weighted by Crippen LogP contribution is 2.17. The second kappa shape index (κ2) is 5.70. The van der Waals surface area contributed by atoms with Gasteiger partial charge in [0.15, 0.2) is 9.84 Å². The number of nitrogens with two attached hydrogens (primary N) is 1. The molecule has 0 aliphatic carbocycles. The normalized spacial score (nSPS) is 21.4. The van der Waals surface area contributed by atoms with Gasteiger partial charge in [0.25, 0.3) is 5.91 Å². The van der Waals surface area contributed by atoms with Gasteiger partial charge < -0.3 is 15.6 Å². The fraction of sp³-hybridized carbons (Fsp3) is 0.636. The summed E-state index contributed by atoms with van der Waals surface area (Å²) in [7, 11) is -2.90. The summed E-state index contributed by atoms with van der Waals surface area (Å²) >= 11 is 0. The molecule has 19 heavy (non-hydrogen) atoms. The van der Waals surface area contributed by atoms with Crippen molar-refractivity contribution in [3.05, 3.63) is 18.2 Å². The molecule has 1 aromatic rings. The SMILES string of the molecule is NCCn1cnc(C(=O)NCC2CCS(=O)(=O)C2)c1. The van der Waals surface area contributed by atoms with Crippen molar-refractivity contribution in [2.24, 2.45) is 11.7 Å². The van der Waals surface area contributed by atoms with Crippen LogP contribution in [0.1, 0.15) is 16.9 Å². The van der Waals surface area contributed by atoms with Crippen molar-refractivity contribution in [2.75, 3.05) is 24.6 Å². The summed E-state index contributed by atoms with van der Waals surface area (Å²) < 4.78 is 24.3. The third-order valence-electron chi connectivity index (χ3n) is 3.13. The molecule has 2 rings (SSSR count). The van der Waals surface area contributed by atoms with E-state index in [1.165, 1.54) is 0 Å². The molecule has 1 amide bonds. The van der Waals surface area contributed by atoms with E-state index in [0.717, 1.165) is 0 Å². The van der Waals surface area contributed by atoms with Gasteiger partial charge in [-0.2, -0.15) is 0 Å². The standard InChI is InChI=1S/C11H18N4O3S/c12-2-3-15-6-10(14-8-15)11(16)13-5-9-1-4-19(17,18)7-9/h6,8-9H,1-5,7,12H2,(H,13,16). The van der Waals surface area contributed by atoms with E-state index in [1.807, 2.05) is 0 Å². The summed E-state index contributed by atoms with van der Waals surface area (Å²) in [5.41, 5.74) is 5.73. The fourth-order valence-electron chi connectivity index (χ4n) is 2.11. The molecule has 1 aliphatic rings. The van der Waals surface area contributed by atoms with E-state index in [-0.39, 0.29) is 23.3 Å². The summed E-state index contributed by atoms with van der Waals surface area (Å²) in [6.45, 7) is 1.47. The van der Waals surface area contributed by atoms with Crippen LogP contribution in [0.4, 0.5) is 0 Å². The number of rotatable bonds is 5. The molecular weight excluding hydrogens is 268 g/mol. The lowest BCUT2D eigenvalue weighted by Gasteiger charge is -2.08. The first-order valence-electron chi connectivity index (χ1n) is 6.20. The van der Waals surface area contributed by atoms with Crippen molar-refractivity contribution in [3.63, 3.8) is 0 Å². The maximum Gasteiger partial charge on any atom is 0.271 e. The number of hydrogen-bond acceptors (Lipinski definition) is 5. The molecule has 8 heteroatoms. The highest BCUT2D eigenvalue weighted by atomic mass is 32.2. The maximum atomic E-state index is 11.8. The molecular formula is C11H18N4O3S. The Bertz CT molecular complexity index is 552. The van der Waals surface area contributed by atoms with Crippen LogP contribution in [-0.2, 0) is 16.4 Å². The molecule has 1 saturated heterocycles. The van der Waals surface area contributed by atoms with Gasteiger partial charge in [0.2, 0.25) is 0 Å². The van der Waals surface area contributed by atoms with Gasteiger partial charge in [0.1, 0.15) is 5.69 Å². The van der Waals surface area contributed by atoms with Crippen LogP contribution in [-0.4, -0.2) is 48.5 Å². The zero-order valence-electron chi connectivity index (χ0n) is 10.6. The second-order valence-corrected chi connectivity index (χ2v) is 6.99. The van der Waals surface area contributed by atoms with Gasteiger partial charge in [-0.15, -0.1) is 0 Å². The lowest BCUT2D eigenvalue weighted by atomic mass is 10.1. The molecule has 1 aliphatic heterocycles. The van der Waals surface area contributed by atoms with Gasteiger partial charge in [-0.25, -0.2) is 13.4 Å². The van der Waals surface area contributed by atoms with Crippen molar-refractivity contribution < 1.29 is 13.2 Å². The Morgan fingerprint density at radius 1 is 1.58 bits per heavy atom. The zero-order chi connectivity index (χ0) is 13.9. The van der Waals surface area contributed by atoms with Crippen LogP contribution in [0, 0.1) is 5.92 Å². The lowest BCUT2D eigenvalue weighted by Crippen LogP contribution is -2.30. The first-order valence-corrected chi connectivity index (χ1v) is 8.03. The van der Waals surface area contributed by atoms with Gasteiger partial charge in [-0.05, 0) is 12.3 Å². The van der Waals surface area contributed by atoms with Crippen molar-refractivity contribution in [3.8, 4) is 0 Å². The number of imidazole rings is 1. The molecule has 0 saturated carbocycles. The summed E-state index contributed by atoms with van der Waals surface area (Å²) in [4.78, 5) is 15.8. The van der Waals surface area contributed by atoms with Crippen LogP contribution < -0.4 is 11.1 Å². The van der Waals surface area contributed by atoms with Crippen molar-refractivity contribution >= 4 is 15.7 Å². The fourth-order valence-corrected chi connectivity index (χ4v) is 3.97. The predicted molar refractivity (Wildman–Crippen MR) is 70.4 cm³/mol. The molecule has 2 heterocycles. The number of nitrogens with zero attached hydrogens (tertiary/aromatic N) is 2. The van der Waals surface area contributed by atoms with Gasteiger partial charge in [-0.3, -0.25) is 4.79 Å². The van der Waals surface area contributed by atoms with E-state index < -0.39 is 9.84 Å².